The normalized spacial score (nSPS) is 13.8. The zero-order valence-electron chi connectivity index (χ0n) is 11.6. The zero-order valence-corrected chi connectivity index (χ0v) is 13.9. The Bertz CT molecular complexity index is 621. The zero-order chi connectivity index (χ0) is 15.4. The standard InChI is InChI=1S/C16H17BrClNO2/c1-21-15-5-3-2-4-11(15)12(9-19)16(20)10-6-7-13(17)14(18)8-10/h2-8,12,16,20H,9,19H2,1H3. The Labute approximate surface area is 137 Å². The molecule has 0 bridgehead atoms. The van der Waals surface area contributed by atoms with Gasteiger partial charge in [-0.15, -0.1) is 0 Å². The molecule has 0 aliphatic heterocycles. The van der Waals surface area contributed by atoms with Crippen LogP contribution < -0.4 is 10.5 Å². The molecular weight excluding hydrogens is 354 g/mol. The van der Waals surface area contributed by atoms with Crippen molar-refractivity contribution < 1.29 is 9.84 Å². The maximum absolute atomic E-state index is 10.7. The molecule has 0 aliphatic rings. The third-order valence-electron chi connectivity index (χ3n) is 3.46. The number of benzene rings is 2. The van der Waals surface area contributed by atoms with Gasteiger partial charge in [0.2, 0.25) is 0 Å². The summed E-state index contributed by atoms with van der Waals surface area (Å²) in [4.78, 5) is 0. The van der Waals surface area contributed by atoms with Gasteiger partial charge >= 0.3 is 0 Å². The lowest BCUT2D eigenvalue weighted by Gasteiger charge is -2.24. The molecule has 0 aromatic heterocycles. The Kier molecular flexibility index (Phi) is 5.65. The van der Waals surface area contributed by atoms with Crippen LogP contribution in [-0.4, -0.2) is 18.8 Å². The number of nitrogens with two attached hydrogens (primary N) is 1. The topological polar surface area (TPSA) is 55.5 Å². The Morgan fingerprint density at radius 3 is 2.62 bits per heavy atom. The Morgan fingerprint density at radius 2 is 2.00 bits per heavy atom. The van der Waals surface area contributed by atoms with Gasteiger partial charge in [-0.1, -0.05) is 35.9 Å². The minimum absolute atomic E-state index is 0.265. The summed E-state index contributed by atoms with van der Waals surface area (Å²) < 4.78 is 6.15. The van der Waals surface area contributed by atoms with Crippen molar-refractivity contribution in [2.45, 2.75) is 12.0 Å². The molecule has 0 spiro atoms. The Morgan fingerprint density at radius 1 is 1.29 bits per heavy atom. The minimum Gasteiger partial charge on any atom is -0.496 e. The number of aliphatic hydroxyl groups excluding tert-OH is 1. The number of methoxy groups -OCH3 is 1. The second-order valence-corrected chi connectivity index (χ2v) is 5.96. The monoisotopic (exact) mass is 369 g/mol. The van der Waals surface area contributed by atoms with Crippen molar-refractivity contribution in [2.24, 2.45) is 5.73 Å². The van der Waals surface area contributed by atoms with Crippen molar-refractivity contribution in [1.82, 2.24) is 0 Å². The first-order valence-corrected chi connectivity index (χ1v) is 7.71. The van der Waals surface area contributed by atoms with Gasteiger partial charge in [-0.2, -0.15) is 0 Å². The van der Waals surface area contributed by atoms with Crippen molar-refractivity contribution in [3.05, 3.63) is 63.1 Å². The average Bonchev–Trinajstić information content (AvgIpc) is 2.51. The van der Waals surface area contributed by atoms with Gasteiger partial charge in [0.1, 0.15) is 5.75 Å². The van der Waals surface area contributed by atoms with Crippen LogP contribution in [0.1, 0.15) is 23.1 Å². The van der Waals surface area contributed by atoms with Crippen molar-refractivity contribution >= 4 is 27.5 Å². The molecule has 2 aromatic carbocycles. The second kappa shape index (κ2) is 7.27. The van der Waals surface area contributed by atoms with E-state index in [-0.39, 0.29) is 5.92 Å². The minimum atomic E-state index is -0.753. The summed E-state index contributed by atoms with van der Waals surface area (Å²) in [7, 11) is 1.61. The molecule has 0 saturated heterocycles. The summed E-state index contributed by atoms with van der Waals surface area (Å²) in [6.07, 6.45) is -0.753. The van der Waals surface area contributed by atoms with E-state index < -0.39 is 6.10 Å². The molecule has 2 unspecified atom stereocenters. The van der Waals surface area contributed by atoms with Crippen molar-refractivity contribution in [1.29, 1.82) is 0 Å². The molecule has 112 valence electrons. The molecule has 2 aromatic rings. The second-order valence-electron chi connectivity index (χ2n) is 4.70. The van der Waals surface area contributed by atoms with E-state index in [0.717, 1.165) is 21.3 Å². The van der Waals surface area contributed by atoms with Gasteiger partial charge in [0.15, 0.2) is 0 Å². The van der Waals surface area contributed by atoms with Crippen LogP contribution in [0.25, 0.3) is 0 Å². The Hall–Kier alpha value is -1.07. The fourth-order valence-electron chi connectivity index (χ4n) is 2.33. The van der Waals surface area contributed by atoms with Crippen LogP contribution >= 0.6 is 27.5 Å². The maximum Gasteiger partial charge on any atom is 0.122 e. The van der Waals surface area contributed by atoms with E-state index in [0.29, 0.717) is 11.6 Å². The van der Waals surface area contributed by atoms with E-state index in [4.69, 9.17) is 22.1 Å². The van der Waals surface area contributed by atoms with Crippen LogP contribution in [0.5, 0.6) is 5.75 Å². The number of rotatable bonds is 5. The lowest BCUT2D eigenvalue weighted by molar-refractivity contribution is 0.146. The summed E-state index contributed by atoms with van der Waals surface area (Å²) in [5, 5.41) is 11.2. The van der Waals surface area contributed by atoms with E-state index in [1.54, 1.807) is 13.2 Å². The predicted molar refractivity (Wildman–Crippen MR) is 88.9 cm³/mol. The summed E-state index contributed by atoms with van der Waals surface area (Å²) in [5.74, 6) is 0.452. The molecule has 3 N–H and O–H groups in total. The Balaban J connectivity index is 2.38. The SMILES string of the molecule is COc1ccccc1C(CN)C(O)c1ccc(Br)c(Cl)c1. The predicted octanol–water partition coefficient (Wildman–Crippen LogP) is 3.89. The van der Waals surface area contributed by atoms with Gasteiger partial charge in [0.05, 0.1) is 18.2 Å². The highest BCUT2D eigenvalue weighted by atomic mass is 79.9. The molecule has 2 atom stereocenters. The van der Waals surface area contributed by atoms with E-state index in [9.17, 15) is 5.11 Å². The molecule has 0 fully saturated rings. The maximum atomic E-state index is 10.7. The lowest BCUT2D eigenvalue weighted by Crippen LogP contribution is -2.20. The molecule has 3 nitrogen and oxygen atoms in total. The van der Waals surface area contributed by atoms with Crippen molar-refractivity contribution in [2.75, 3.05) is 13.7 Å². The van der Waals surface area contributed by atoms with Gasteiger partial charge in [-0.05, 0) is 39.7 Å². The number of aliphatic hydroxyl groups is 1. The molecule has 0 radical (unpaired) electrons. The average molecular weight is 371 g/mol. The van der Waals surface area contributed by atoms with Crippen LogP contribution in [0.4, 0.5) is 0 Å². The number of ether oxygens (including phenoxy) is 1. The molecule has 0 amide bonds. The van der Waals surface area contributed by atoms with E-state index in [2.05, 4.69) is 15.9 Å². The molecule has 5 heteroatoms. The molecule has 2 rings (SSSR count). The van der Waals surface area contributed by atoms with E-state index in [1.807, 2.05) is 36.4 Å². The number of hydrogen-bond acceptors (Lipinski definition) is 3. The smallest absolute Gasteiger partial charge is 0.122 e. The fraction of sp³-hybridized carbons (Fsp3) is 0.250. The van der Waals surface area contributed by atoms with Crippen LogP contribution in [0.3, 0.4) is 0 Å². The van der Waals surface area contributed by atoms with Crippen LogP contribution in [0.2, 0.25) is 5.02 Å². The van der Waals surface area contributed by atoms with E-state index in [1.165, 1.54) is 0 Å². The third kappa shape index (κ3) is 3.58. The molecule has 21 heavy (non-hydrogen) atoms. The quantitative estimate of drug-likeness (QED) is 0.839. The molecule has 0 saturated carbocycles. The van der Waals surface area contributed by atoms with Crippen molar-refractivity contribution in [3.63, 3.8) is 0 Å². The van der Waals surface area contributed by atoms with Crippen molar-refractivity contribution in [3.8, 4) is 5.75 Å². The fourth-order valence-corrected chi connectivity index (χ4v) is 2.76. The summed E-state index contributed by atoms with van der Waals surface area (Å²) >= 11 is 9.44. The van der Waals surface area contributed by atoms with E-state index >= 15 is 0 Å². The van der Waals surface area contributed by atoms with Crippen LogP contribution in [0.15, 0.2) is 46.9 Å². The lowest BCUT2D eigenvalue weighted by atomic mass is 9.88. The van der Waals surface area contributed by atoms with Gasteiger partial charge in [-0.25, -0.2) is 0 Å². The first kappa shape index (κ1) is 16.3. The highest BCUT2D eigenvalue weighted by molar-refractivity contribution is 9.10. The summed E-state index contributed by atoms with van der Waals surface area (Å²) in [5.41, 5.74) is 7.49. The first-order valence-electron chi connectivity index (χ1n) is 6.54. The third-order valence-corrected chi connectivity index (χ3v) is 4.69. The summed E-state index contributed by atoms with van der Waals surface area (Å²) in [6, 6.07) is 13.0. The van der Waals surface area contributed by atoms with Gasteiger partial charge < -0.3 is 15.6 Å². The number of para-hydroxylation sites is 1. The first-order chi connectivity index (χ1) is 10.1. The van der Waals surface area contributed by atoms with Gasteiger partial charge in [0.25, 0.3) is 0 Å². The number of hydrogen-bond donors (Lipinski definition) is 2. The van der Waals surface area contributed by atoms with Gasteiger partial charge in [0, 0.05) is 22.5 Å². The molecule has 0 heterocycles. The van der Waals surface area contributed by atoms with Crippen LogP contribution in [0, 0.1) is 0 Å². The van der Waals surface area contributed by atoms with Gasteiger partial charge in [-0.3, -0.25) is 0 Å². The number of halogens is 2. The molecule has 0 aliphatic carbocycles. The largest absolute Gasteiger partial charge is 0.496 e. The molecular formula is C16H17BrClNO2. The highest BCUT2D eigenvalue weighted by Crippen LogP contribution is 2.36. The summed E-state index contributed by atoms with van der Waals surface area (Å²) in [6.45, 7) is 0.301. The van der Waals surface area contributed by atoms with Crippen LogP contribution in [-0.2, 0) is 0 Å². The highest BCUT2D eigenvalue weighted by Gasteiger charge is 2.24.